The van der Waals surface area contributed by atoms with Gasteiger partial charge in [-0.05, 0) is 32.9 Å². The molecule has 0 saturated carbocycles. The van der Waals surface area contributed by atoms with E-state index in [1.165, 1.54) is 18.3 Å². The summed E-state index contributed by atoms with van der Waals surface area (Å²) in [6, 6.07) is 2.85. The van der Waals surface area contributed by atoms with E-state index in [1.54, 1.807) is 0 Å². The molecular formula is C12H17N3O3. The largest absolute Gasteiger partial charge is 0.477 e. The predicted molar refractivity (Wildman–Crippen MR) is 67.6 cm³/mol. The Bertz CT molecular complexity index is 435. The number of nitrogens with one attached hydrogen (secondary N) is 2. The van der Waals surface area contributed by atoms with E-state index < -0.39 is 5.97 Å². The standard InChI is InChI=1S/C12H17N3O3/c1-12(2,3)14-7-10(16)15-8-4-5-9(11(17)18)13-6-8/h4-6,14H,7H2,1-3H3,(H,15,16)(H,17,18). The van der Waals surface area contributed by atoms with Gasteiger partial charge in [0.25, 0.3) is 0 Å². The molecule has 1 heterocycles. The van der Waals surface area contributed by atoms with Crippen LogP contribution in [0.3, 0.4) is 0 Å². The first kappa shape index (κ1) is 14.1. The monoisotopic (exact) mass is 251 g/mol. The van der Waals surface area contributed by atoms with Gasteiger partial charge in [-0.15, -0.1) is 0 Å². The fourth-order valence-electron chi connectivity index (χ4n) is 1.14. The van der Waals surface area contributed by atoms with E-state index >= 15 is 0 Å². The van der Waals surface area contributed by atoms with Crippen LogP contribution in [0, 0.1) is 0 Å². The van der Waals surface area contributed by atoms with Crippen LogP contribution in [0.4, 0.5) is 5.69 Å². The highest BCUT2D eigenvalue weighted by molar-refractivity contribution is 5.92. The number of hydrogen-bond donors (Lipinski definition) is 3. The van der Waals surface area contributed by atoms with Gasteiger partial charge in [0.1, 0.15) is 5.69 Å². The minimum absolute atomic E-state index is 0.0548. The molecule has 1 aromatic heterocycles. The van der Waals surface area contributed by atoms with Gasteiger partial charge in [-0.1, -0.05) is 0 Å². The molecule has 0 aliphatic heterocycles. The number of nitrogens with zero attached hydrogens (tertiary/aromatic N) is 1. The molecule has 6 nitrogen and oxygen atoms in total. The van der Waals surface area contributed by atoms with E-state index in [0.717, 1.165) is 0 Å². The zero-order valence-corrected chi connectivity index (χ0v) is 10.7. The Morgan fingerprint density at radius 3 is 2.44 bits per heavy atom. The molecule has 0 aliphatic carbocycles. The summed E-state index contributed by atoms with van der Waals surface area (Å²) in [5, 5.41) is 14.3. The molecule has 98 valence electrons. The van der Waals surface area contributed by atoms with Gasteiger partial charge in [0.05, 0.1) is 18.4 Å². The number of carboxylic acids is 1. The number of aromatic nitrogens is 1. The van der Waals surface area contributed by atoms with Crippen molar-refractivity contribution in [3.8, 4) is 0 Å². The number of carbonyl (C=O) groups excluding carboxylic acids is 1. The average molecular weight is 251 g/mol. The fraction of sp³-hybridized carbons (Fsp3) is 0.417. The second-order valence-electron chi connectivity index (χ2n) is 4.89. The molecule has 0 aromatic carbocycles. The van der Waals surface area contributed by atoms with Gasteiger partial charge in [0.2, 0.25) is 5.91 Å². The van der Waals surface area contributed by atoms with Crippen LogP contribution in [0.25, 0.3) is 0 Å². The molecule has 1 rings (SSSR count). The Morgan fingerprint density at radius 1 is 1.33 bits per heavy atom. The lowest BCUT2D eigenvalue weighted by Crippen LogP contribution is -2.41. The van der Waals surface area contributed by atoms with Crippen molar-refractivity contribution < 1.29 is 14.7 Å². The molecule has 1 aromatic rings. The van der Waals surface area contributed by atoms with Crippen LogP contribution < -0.4 is 10.6 Å². The highest BCUT2D eigenvalue weighted by Gasteiger charge is 2.11. The summed E-state index contributed by atoms with van der Waals surface area (Å²) < 4.78 is 0. The maximum Gasteiger partial charge on any atom is 0.354 e. The van der Waals surface area contributed by atoms with Gasteiger partial charge in [-0.3, -0.25) is 4.79 Å². The van der Waals surface area contributed by atoms with Crippen LogP contribution >= 0.6 is 0 Å². The number of amides is 1. The van der Waals surface area contributed by atoms with E-state index in [9.17, 15) is 9.59 Å². The molecule has 0 unspecified atom stereocenters. The van der Waals surface area contributed by atoms with E-state index in [4.69, 9.17) is 5.11 Å². The van der Waals surface area contributed by atoms with Crippen molar-refractivity contribution in [3.63, 3.8) is 0 Å². The van der Waals surface area contributed by atoms with Crippen molar-refractivity contribution in [1.82, 2.24) is 10.3 Å². The van der Waals surface area contributed by atoms with E-state index in [2.05, 4.69) is 15.6 Å². The molecule has 0 saturated heterocycles. The van der Waals surface area contributed by atoms with Crippen molar-refractivity contribution in [1.29, 1.82) is 0 Å². The summed E-state index contributed by atoms with van der Waals surface area (Å²) >= 11 is 0. The minimum Gasteiger partial charge on any atom is -0.477 e. The van der Waals surface area contributed by atoms with Gasteiger partial charge < -0.3 is 15.7 Å². The lowest BCUT2D eigenvalue weighted by molar-refractivity contribution is -0.115. The third-order valence-electron chi connectivity index (χ3n) is 2.05. The average Bonchev–Trinajstić information content (AvgIpc) is 2.26. The lowest BCUT2D eigenvalue weighted by atomic mass is 10.1. The highest BCUT2D eigenvalue weighted by Crippen LogP contribution is 2.06. The molecule has 0 aliphatic rings. The SMILES string of the molecule is CC(C)(C)NCC(=O)Nc1ccc(C(=O)O)nc1. The van der Waals surface area contributed by atoms with Crippen molar-refractivity contribution in [2.45, 2.75) is 26.3 Å². The number of anilines is 1. The quantitative estimate of drug-likeness (QED) is 0.745. The van der Waals surface area contributed by atoms with E-state index in [1.807, 2.05) is 20.8 Å². The number of rotatable bonds is 4. The van der Waals surface area contributed by atoms with Gasteiger partial charge in [-0.2, -0.15) is 0 Å². The van der Waals surface area contributed by atoms with Gasteiger partial charge >= 0.3 is 5.97 Å². The summed E-state index contributed by atoms with van der Waals surface area (Å²) in [6.07, 6.45) is 1.32. The third kappa shape index (κ3) is 4.92. The Morgan fingerprint density at radius 2 is 2.00 bits per heavy atom. The molecule has 18 heavy (non-hydrogen) atoms. The smallest absolute Gasteiger partial charge is 0.354 e. The molecule has 0 spiro atoms. The topological polar surface area (TPSA) is 91.3 Å². The molecular weight excluding hydrogens is 234 g/mol. The first-order valence-electron chi connectivity index (χ1n) is 5.52. The Kier molecular flexibility index (Phi) is 4.38. The molecule has 0 radical (unpaired) electrons. The summed E-state index contributed by atoms with van der Waals surface area (Å²) in [7, 11) is 0. The first-order chi connectivity index (χ1) is 8.28. The number of pyridine rings is 1. The van der Waals surface area contributed by atoms with E-state index in [0.29, 0.717) is 5.69 Å². The third-order valence-corrected chi connectivity index (χ3v) is 2.05. The van der Waals surface area contributed by atoms with Crippen LogP contribution in [0.15, 0.2) is 18.3 Å². The van der Waals surface area contributed by atoms with Crippen molar-refractivity contribution in [3.05, 3.63) is 24.0 Å². The van der Waals surface area contributed by atoms with E-state index in [-0.39, 0.29) is 23.7 Å². The van der Waals surface area contributed by atoms with Crippen molar-refractivity contribution >= 4 is 17.6 Å². The molecule has 1 amide bonds. The second-order valence-corrected chi connectivity index (χ2v) is 4.89. The maximum absolute atomic E-state index is 11.6. The summed E-state index contributed by atoms with van der Waals surface area (Å²) in [6.45, 7) is 6.07. The van der Waals surface area contributed by atoms with Gasteiger partial charge in [-0.25, -0.2) is 9.78 Å². The normalized spacial score (nSPS) is 11.1. The Balaban J connectivity index is 2.52. The number of carboxylic acid groups (broad SMARTS) is 1. The second kappa shape index (κ2) is 5.59. The summed E-state index contributed by atoms with van der Waals surface area (Å²) in [5.41, 5.74) is 0.282. The summed E-state index contributed by atoms with van der Waals surface area (Å²) in [4.78, 5) is 25.9. The molecule has 3 N–H and O–H groups in total. The number of aromatic carboxylic acids is 1. The first-order valence-corrected chi connectivity index (χ1v) is 5.52. The molecule has 0 bridgehead atoms. The molecule has 6 heteroatoms. The van der Waals surface area contributed by atoms with Crippen LogP contribution in [0.5, 0.6) is 0 Å². The van der Waals surface area contributed by atoms with Crippen LogP contribution in [-0.4, -0.2) is 34.1 Å². The Labute approximate surface area is 105 Å². The van der Waals surface area contributed by atoms with Crippen LogP contribution in [0.1, 0.15) is 31.3 Å². The fourth-order valence-corrected chi connectivity index (χ4v) is 1.14. The number of hydrogen-bond acceptors (Lipinski definition) is 4. The maximum atomic E-state index is 11.6. The summed E-state index contributed by atoms with van der Waals surface area (Å²) in [5.74, 6) is -1.29. The van der Waals surface area contributed by atoms with Gasteiger partial charge in [0, 0.05) is 5.54 Å². The Hall–Kier alpha value is -1.95. The molecule has 0 fully saturated rings. The zero-order chi connectivity index (χ0) is 13.8. The zero-order valence-electron chi connectivity index (χ0n) is 10.7. The van der Waals surface area contributed by atoms with Crippen molar-refractivity contribution in [2.24, 2.45) is 0 Å². The van der Waals surface area contributed by atoms with Crippen molar-refractivity contribution in [2.75, 3.05) is 11.9 Å². The highest BCUT2D eigenvalue weighted by atomic mass is 16.4. The lowest BCUT2D eigenvalue weighted by Gasteiger charge is -2.19. The van der Waals surface area contributed by atoms with Gasteiger partial charge in [0.15, 0.2) is 0 Å². The minimum atomic E-state index is -1.10. The molecule has 0 atom stereocenters. The number of carbonyl (C=O) groups is 2. The van der Waals surface area contributed by atoms with Crippen LogP contribution in [0.2, 0.25) is 0 Å². The predicted octanol–water partition coefficient (Wildman–Crippen LogP) is 1.11. The van der Waals surface area contributed by atoms with Crippen LogP contribution in [-0.2, 0) is 4.79 Å².